The molecule has 0 atom stereocenters. The van der Waals surface area contributed by atoms with Crippen LogP contribution in [0.3, 0.4) is 0 Å². The summed E-state index contributed by atoms with van der Waals surface area (Å²) in [4.78, 5) is 0. The molecule has 110 valence electrons. The van der Waals surface area contributed by atoms with E-state index < -0.39 is 0 Å². The number of aromatic nitrogens is 2. The largest absolute Gasteiger partial charge is 0.380 e. The molecule has 0 aliphatic heterocycles. The Balaban J connectivity index is 2.20. The van der Waals surface area contributed by atoms with Gasteiger partial charge in [0, 0.05) is 24.9 Å². The second-order valence-corrected chi connectivity index (χ2v) is 6.47. The van der Waals surface area contributed by atoms with E-state index in [0.29, 0.717) is 5.92 Å². The van der Waals surface area contributed by atoms with Crippen LogP contribution in [0.5, 0.6) is 0 Å². The number of ether oxygens (including phenoxy) is 1. The van der Waals surface area contributed by atoms with Crippen molar-refractivity contribution in [3.63, 3.8) is 0 Å². The molecule has 0 aliphatic carbocycles. The lowest BCUT2D eigenvalue weighted by Gasteiger charge is -2.19. The average molecular weight is 267 g/mol. The molecular weight excluding hydrogens is 238 g/mol. The van der Waals surface area contributed by atoms with Crippen LogP contribution in [0.25, 0.3) is 0 Å². The summed E-state index contributed by atoms with van der Waals surface area (Å²) < 4.78 is 7.55. The quantitative estimate of drug-likeness (QED) is 0.736. The summed E-state index contributed by atoms with van der Waals surface area (Å²) in [5.41, 5.74) is 1.21. The summed E-state index contributed by atoms with van der Waals surface area (Å²) in [6, 6.07) is 2.06. The Hall–Kier alpha value is -0.870. The molecule has 19 heavy (non-hydrogen) atoms. The van der Waals surface area contributed by atoms with E-state index in [2.05, 4.69) is 51.1 Å². The van der Waals surface area contributed by atoms with Crippen molar-refractivity contribution in [2.45, 2.75) is 59.7 Å². The molecule has 0 amide bonds. The third kappa shape index (κ3) is 8.01. The minimum absolute atomic E-state index is 0.129. The highest BCUT2D eigenvalue weighted by molar-refractivity contribution is 4.99. The lowest BCUT2D eigenvalue weighted by Crippen LogP contribution is -2.35. The smallest absolute Gasteiger partial charge is 0.0762 e. The standard InChI is InChI=1S/C15H29N3O/c1-13(2)7-10-19-11-9-18-8-6-14(17-18)12-16-15(3,4)5/h6,8,13,16H,7,9-12H2,1-5H3. The molecule has 0 fully saturated rings. The zero-order chi connectivity index (χ0) is 14.3. The minimum atomic E-state index is 0.129. The Bertz CT molecular complexity index is 353. The summed E-state index contributed by atoms with van der Waals surface area (Å²) in [6.07, 6.45) is 3.14. The van der Waals surface area contributed by atoms with Crippen LogP contribution >= 0.6 is 0 Å². The van der Waals surface area contributed by atoms with Gasteiger partial charge in [0.25, 0.3) is 0 Å². The van der Waals surface area contributed by atoms with Crippen molar-refractivity contribution in [1.82, 2.24) is 15.1 Å². The van der Waals surface area contributed by atoms with Crippen LogP contribution in [0.1, 0.15) is 46.7 Å². The monoisotopic (exact) mass is 267 g/mol. The molecule has 0 unspecified atom stereocenters. The molecule has 1 aromatic heterocycles. The van der Waals surface area contributed by atoms with Gasteiger partial charge in [0.05, 0.1) is 18.8 Å². The second-order valence-electron chi connectivity index (χ2n) is 6.47. The molecule has 0 spiro atoms. The predicted molar refractivity (Wildman–Crippen MR) is 79.1 cm³/mol. The maximum absolute atomic E-state index is 5.60. The SMILES string of the molecule is CC(C)CCOCCn1ccc(CNC(C)(C)C)n1. The van der Waals surface area contributed by atoms with Crippen molar-refractivity contribution in [2.75, 3.05) is 13.2 Å². The lowest BCUT2D eigenvalue weighted by atomic mass is 10.1. The maximum Gasteiger partial charge on any atom is 0.0762 e. The maximum atomic E-state index is 5.60. The van der Waals surface area contributed by atoms with Gasteiger partial charge in [-0.25, -0.2) is 0 Å². The van der Waals surface area contributed by atoms with Gasteiger partial charge in [-0.3, -0.25) is 4.68 Å². The normalized spacial score (nSPS) is 12.3. The molecule has 1 N–H and O–H groups in total. The molecular formula is C15H29N3O. The second kappa shape index (κ2) is 7.65. The molecule has 0 saturated heterocycles. The van der Waals surface area contributed by atoms with Gasteiger partial charge >= 0.3 is 0 Å². The summed E-state index contributed by atoms with van der Waals surface area (Å²) in [5.74, 6) is 0.708. The number of nitrogens with zero attached hydrogens (tertiary/aromatic N) is 2. The third-order valence-corrected chi connectivity index (χ3v) is 2.80. The number of hydrogen-bond donors (Lipinski definition) is 1. The van der Waals surface area contributed by atoms with Crippen molar-refractivity contribution < 1.29 is 4.74 Å². The Labute approximate surface area is 117 Å². The highest BCUT2D eigenvalue weighted by atomic mass is 16.5. The molecule has 4 nitrogen and oxygen atoms in total. The van der Waals surface area contributed by atoms with Gasteiger partial charge in [-0.05, 0) is 39.2 Å². The van der Waals surface area contributed by atoms with Gasteiger partial charge in [0.2, 0.25) is 0 Å². The highest BCUT2D eigenvalue weighted by Gasteiger charge is 2.09. The Morgan fingerprint density at radius 1 is 1.32 bits per heavy atom. The molecule has 1 heterocycles. The van der Waals surface area contributed by atoms with Crippen LogP contribution in [0.15, 0.2) is 12.3 Å². The first-order chi connectivity index (χ1) is 8.87. The summed E-state index contributed by atoms with van der Waals surface area (Å²) in [6.45, 7) is 14.1. The molecule has 0 aromatic carbocycles. The average Bonchev–Trinajstić information content (AvgIpc) is 2.72. The van der Waals surface area contributed by atoms with E-state index in [-0.39, 0.29) is 5.54 Å². The zero-order valence-electron chi connectivity index (χ0n) is 13.1. The molecule has 0 radical (unpaired) electrons. The topological polar surface area (TPSA) is 39.1 Å². The zero-order valence-corrected chi connectivity index (χ0v) is 13.1. The summed E-state index contributed by atoms with van der Waals surface area (Å²) in [7, 11) is 0. The van der Waals surface area contributed by atoms with Crippen LogP contribution < -0.4 is 5.32 Å². The van der Waals surface area contributed by atoms with E-state index in [1.54, 1.807) is 0 Å². The molecule has 0 saturated carbocycles. The van der Waals surface area contributed by atoms with E-state index >= 15 is 0 Å². The number of nitrogens with one attached hydrogen (secondary N) is 1. The van der Waals surface area contributed by atoms with Crippen molar-refractivity contribution in [3.8, 4) is 0 Å². The van der Waals surface area contributed by atoms with E-state index in [4.69, 9.17) is 4.74 Å². The van der Waals surface area contributed by atoms with Crippen molar-refractivity contribution >= 4 is 0 Å². The van der Waals surface area contributed by atoms with Gasteiger partial charge in [-0.2, -0.15) is 5.10 Å². The summed E-state index contributed by atoms with van der Waals surface area (Å²) in [5, 5.41) is 7.95. The van der Waals surface area contributed by atoms with Gasteiger partial charge < -0.3 is 10.1 Å². The van der Waals surface area contributed by atoms with Gasteiger partial charge in [0.1, 0.15) is 0 Å². The highest BCUT2D eigenvalue weighted by Crippen LogP contribution is 2.03. The van der Waals surface area contributed by atoms with E-state index in [1.807, 2.05) is 10.9 Å². The van der Waals surface area contributed by atoms with Crippen LogP contribution in [0.4, 0.5) is 0 Å². The fourth-order valence-electron chi connectivity index (χ4n) is 1.56. The fourth-order valence-corrected chi connectivity index (χ4v) is 1.56. The van der Waals surface area contributed by atoms with Crippen molar-refractivity contribution in [2.24, 2.45) is 5.92 Å². The fraction of sp³-hybridized carbons (Fsp3) is 0.800. The molecule has 1 aromatic rings. The number of hydrogen-bond acceptors (Lipinski definition) is 3. The van der Waals surface area contributed by atoms with Gasteiger partial charge in [-0.1, -0.05) is 13.8 Å². The van der Waals surface area contributed by atoms with Crippen LogP contribution in [-0.2, 0) is 17.8 Å². The van der Waals surface area contributed by atoms with Crippen LogP contribution in [0.2, 0.25) is 0 Å². The first-order valence-electron chi connectivity index (χ1n) is 7.22. The Kier molecular flexibility index (Phi) is 6.52. The third-order valence-electron chi connectivity index (χ3n) is 2.80. The van der Waals surface area contributed by atoms with Crippen molar-refractivity contribution in [3.05, 3.63) is 18.0 Å². The lowest BCUT2D eigenvalue weighted by molar-refractivity contribution is 0.114. The molecule has 1 rings (SSSR count). The molecule has 4 heteroatoms. The summed E-state index contributed by atoms with van der Waals surface area (Å²) >= 11 is 0. The Morgan fingerprint density at radius 3 is 2.68 bits per heavy atom. The van der Waals surface area contributed by atoms with Crippen LogP contribution in [0, 0.1) is 5.92 Å². The van der Waals surface area contributed by atoms with Gasteiger partial charge in [-0.15, -0.1) is 0 Å². The van der Waals surface area contributed by atoms with Gasteiger partial charge in [0.15, 0.2) is 0 Å². The minimum Gasteiger partial charge on any atom is -0.380 e. The molecule has 0 aliphatic rings. The van der Waals surface area contributed by atoms with E-state index in [0.717, 1.165) is 38.4 Å². The van der Waals surface area contributed by atoms with Crippen LogP contribution in [-0.4, -0.2) is 28.5 Å². The Morgan fingerprint density at radius 2 is 2.05 bits per heavy atom. The first-order valence-corrected chi connectivity index (χ1v) is 7.22. The predicted octanol–water partition coefficient (Wildman–Crippen LogP) is 2.83. The van der Waals surface area contributed by atoms with Crippen molar-refractivity contribution in [1.29, 1.82) is 0 Å². The van der Waals surface area contributed by atoms with E-state index in [9.17, 15) is 0 Å². The number of rotatable bonds is 8. The molecule has 0 bridgehead atoms. The first kappa shape index (κ1) is 16.2. The van der Waals surface area contributed by atoms with E-state index in [1.165, 1.54) is 0 Å².